The largest absolute Gasteiger partial charge is 0.294 e. The monoisotopic (exact) mass is 176 g/mol. The fraction of sp³-hybridized carbons (Fsp3) is 0.455. The molecule has 2 heteroatoms. The van der Waals surface area contributed by atoms with E-state index >= 15 is 0 Å². The molecule has 0 aliphatic heterocycles. The van der Waals surface area contributed by atoms with Crippen molar-refractivity contribution in [1.29, 1.82) is 0 Å². The van der Waals surface area contributed by atoms with Gasteiger partial charge in [0.15, 0.2) is 11.6 Å². The van der Waals surface area contributed by atoms with Gasteiger partial charge in [-0.25, -0.2) is 0 Å². The van der Waals surface area contributed by atoms with Crippen molar-refractivity contribution in [3.63, 3.8) is 0 Å². The Bertz CT molecular complexity index is 347. The van der Waals surface area contributed by atoms with Crippen molar-refractivity contribution >= 4 is 11.6 Å². The Morgan fingerprint density at radius 2 is 1.92 bits per heavy atom. The minimum absolute atomic E-state index is 0.00292. The van der Waals surface area contributed by atoms with Gasteiger partial charge < -0.3 is 0 Å². The Hall–Kier alpha value is -1.18. The maximum Gasteiger partial charge on any atom is 0.173 e. The summed E-state index contributed by atoms with van der Waals surface area (Å²) >= 11 is 0. The van der Waals surface area contributed by atoms with Crippen molar-refractivity contribution in [1.82, 2.24) is 0 Å². The molecule has 0 aromatic carbocycles. The van der Waals surface area contributed by atoms with Crippen molar-refractivity contribution < 1.29 is 9.59 Å². The van der Waals surface area contributed by atoms with Gasteiger partial charge >= 0.3 is 0 Å². The molecule has 0 amide bonds. The van der Waals surface area contributed by atoms with Crippen molar-refractivity contribution in [2.45, 2.75) is 20.3 Å². The minimum Gasteiger partial charge on any atom is -0.294 e. The lowest BCUT2D eigenvalue weighted by Crippen LogP contribution is -2.13. The van der Waals surface area contributed by atoms with Crippen LogP contribution < -0.4 is 0 Å². The predicted octanol–water partition coefficient (Wildman–Crippen LogP) is 1.67. The molecular formula is C11H12O2. The zero-order valence-corrected chi connectivity index (χ0v) is 7.83. The smallest absolute Gasteiger partial charge is 0.173 e. The molecule has 2 unspecified atom stereocenters. The van der Waals surface area contributed by atoms with Crippen LogP contribution in [0.1, 0.15) is 20.3 Å². The molecule has 13 heavy (non-hydrogen) atoms. The number of hydrogen-bond acceptors (Lipinski definition) is 2. The molecule has 0 aromatic rings. The quantitative estimate of drug-likeness (QED) is 0.526. The van der Waals surface area contributed by atoms with E-state index in [1.165, 1.54) is 0 Å². The van der Waals surface area contributed by atoms with Gasteiger partial charge in [-0.3, -0.25) is 9.59 Å². The van der Waals surface area contributed by atoms with Gasteiger partial charge in [-0.1, -0.05) is 19.1 Å². The van der Waals surface area contributed by atoms with Crippen LogP contribution in [0.25, 0.3) is 0 Å². The zero-order chi connectivity index (χ0) is 9.59. The van der Waals surface area contributed by atoms with E-state index in [0.717, 1.165) is 12.0 Å². The summed E-state index contributed by atoms with van der Waals surface area (Å²) in [5.74, 6) is 0.0000926. The number of carbonyl (C=O) groups is 2. The van der Waals surface area contributed by atoms with E-state index in [1.807, 2.05) is 12.2 Å². The molecule has 0 aromatic heterocycles. The van der Waals surface area contributed by atoms with Gasteiger partial charge in [-0.15, -0.1) is 0 Å². The van der Waals surface area contributed by atoms with Gasteiger partial charge in [-0.05, 0) is 19.3 Å². The summed E-state index contributed by atoms with van der Waals surface area (Å²) in [5.41, 5.74) is 1.42. The third kappa shape index (κ3) is 1.09. The van der Waals surface area contributed by atoms with E-state index in [0.29, 0.717) is 11.5 Å². The van der Waals surface area contributed by atoms with E-state index in [4.69, 9.17) is 0 Å². The molecule has 2 atom stereocenters. The molecule has 0 heterocycles. The summed E-state index contributed by atoms with van der Waals surface area (Å²) < 4.78 is 0. The van der Waals surface area contributed by atoms with Gasteiger partial charge in [0.2, 0.25) is 0 Å². The normalized spacial score (nSPS) is 32.8. The zero-order valence-electron chi connectivity index (χ0n) is 7.83. The fourth-order valence-electron chi connectivity index (χ4n) is 1.94. The van der Waals surface area contributed by atoms with Crippen molar-refractivity contribution in [2.75, 3.05) is 0 Å². The Morgan fingerprint density at radius 3 is 2.62 bits per heavy atom. The van der Waals surface area contributed by atoms with Crippen LogP contribution in [0.5, 0.6) is 0 Å². The lowest BCUT2D eigenvalue weighted by molar-refractivity contribution is -0.125. The number of allylic oxidation sites excluding steroid dienone is 4. The Morgan fingerprint density at radius 1 is 1.23 bits per heavy atom. The summed E-state index contributed by atoms with van der Waals surface area (Å²) in [6, 6.07) is 0. The topological polar surface area (TPSA) is 34.1 Å². The highest BCUT2D eigenvalue weighted by Crippen LogP contribution is 2.33. The Kier molecular flexibility index (Phi) is 1.72. The molecule has 0 spiro atoms. The van der Waals surface area contributed by atoms with Gasteiger partial charge in [0.05, 0.1) is 5.92 Å². The fourth-order valence-corrected chi connectivity index (χ4v) is 1.94. The first kappa shape index (κ1) is 8.42. The SMILES string of the molecule is CC1C=CC2=C(C1)C(=O)C(C)C2=O. The third-order valence-corrected chi connectivity index (χ3v) is 2.79. The second-order valence-electron chi connectivity index (χ2n) is 3.88. The maximum absolute atomic E-state index is 11.6. The van der Waals surface area contributed by atoms with Crippen LogP contribution >= 0.6 is 0 Å². The molecule has 0 fully saturated rings. The number of carbonyl (C=O) groups excluding carboxylic acids is 2. The highest BCUT2D eigenvalue weighted by atomic mass is 16.2. The minimum atomic E-state index is -0.431. The van der Waals surface area contributed by atoms with Crippen molar-refractivity contribution in [3.8, 4) is 0 Å². The lowest BCUT2D eigenvalue weighted by Gasteiger charge is -2.11. The third-order valence-electron chi connectivity index (χ3n) is 2.79. The van der Waals surface area contributed by atoms with Gasteiger partial charge in [0.1, 0.15) is 0 Å². The van der Waals surface area contributed by atoms with E-state index in [2.05, 4.69) is 6.92 Å². The van der Waals surface area contributed by atoms with Gasteiger partial charge in [0, 0.05) is 11.1 Å². The summed E-state index contributed by atoms with van der Waals surface area (Å²) in [6.45, 7) is 3.75. The standard InChI is InChI=1S/C11H12O2/c1-6-3-4-8-9(5-6)11(13)7(2)10(8)12/h3-4,6-7H,5H2,1-2H3. The van der Waals surface area contributed by atoms with Crippen LogP contribution in [-0.2, 0) is 9.59 Å². The highest BCUT2D eigenvalue weighted by molar-refractivity contribution is 6.25. The first-order chi connectivity index (χ1) is 6.11. The molecule has 0 N–H and O–H groups in total. The van der Waals surface area contributed by atoms with E-state index < -0.39 is 5.92 Å². The summed E-state index contributed by atoms with van der Waals surface area (Å²) in [7, 11) is 0. The molecule has 0 saturated heterocycles. The molecule has 2 rings (SSSR count). The predicted molar refractivity (Wildman–Crippen MR) is 49.1 cm³/mol. The number of ketones is 2. The molecule has 0 saturated carbocycles. The maximum atomic E-state index is 11.6. The van der Waals surface area contributed by atoms with Gasteiger partial charge in [0.25, 0.3) is 0 Å². The molecule has 0 radical (unpaired) electrons. The molecule has 2 aliphatic carbocycles. The van der Waals surface area contributed by atoms with Crippen LogP contribution in [0.3, 0.4) is 0 Å². The second-order valence-corrected chi connectivity index (χ2v) is 3.88. The van der Waals surface area contributed by atoms with Gasteiger partial charge in [-0.2, -0.15) is 0 Å². The average molecular weight is 176 g/mol. The van der Waals surface area contributed by atoms with Crippen LogP contribution in [0.4, 0.5) is 0 Å². The van der Waals surface area contributed by atoms with E-state index in [-0.39, 0.29) is 11.6 Å². The van der Waals surface area contributed by atoms with E-state index in [9.17, 15) is 9.59 Å². The van der Waals surface area contributed by atoms with Crippen LogP contribution in [0.15, 0.2) is 23.3 Å². The first-order valence-electron chi connectivity index (χ1n) is 4.61. The lowest BCUT2D eigenvalue weighted by atomic mass is 9.92. The summed E-state index contributed by atoms with van der Waals surface area (Å²) in [6.07, 6.45) is 4.55. The first-order valence-corrected chi connectivity index (χ1v) is 4.61. The number of Topliss-reactive ketones (excluding diaryl/α,β-unsaturated/α-hetero) is 2. The molecular weight excluding hydrogens is 164 g/mol. The Balaban J connectivity index is 2.44. The summed E-state index contributed by atoms with van der Waals surface area (Å²) in [4.78, 5) is 23.1. The van der Waals surface area contributed by atoms with Crippen LogP contribution in [0.2, 0.25) is 0 Å². The number of hydrogen-bond donors (Lipinski definition) is 0. The van der Waals surface area contributed by atoms with Crippen LogP contribution in [0, 0.1) is 11.8 Å². The van der Waals surface area contributed by atoms with Crippen molar-refractivity contribution in [3.05, 3.63) is 23.3 Å². The average Bonchev–Trinajstić information content (AvgIpc) is 2.32. The second kappa shape index (κ2) is 2.66. The van der Waals surface area contributed by atoms with E-state index in [1.54, 1.807) is 6.92 Å². The molecule has 2 nitrogen and oxygen atoms in total. The summed E-state index contributed by atoms with van der Waals surface area (Å²) in [5, 5.41) is 0. The number of rotatable bonds is 0. The highest BCUT2D eigenvalue weighted by Gasteiger charge is 2.37. The molecule has 68 valence electrons. The molecule has 2 aliphatic rings. The Labute approximate surface area is 77.3 Å². The van der Waals surface area contributed by atoms with Crippen molar-refractivity contribution in [2.24, 2.45) is 11.8 Å². The molecule has 0 bridgehead atoms. The van der Waals surface area contributed by atoms with Crippen LogP contribution in [-0.4, -0.2) is 11.6 Å².